The number of nitrogens with zero attached hydrogens (tertiary/aromatic N) is 1. The fourth-order valence-electron chi connectivity index (χ4n) is 3.69. The molecular weight excluding hydrogens is 284 g/mol. The van der Waals surface area contributed by atoms with E-state index >= 15 is 0 Å². The van der Waals surface area contributed by atoms with Crippen molar-refractivity contribution >= 4 is 11.6 Å². The average Bonchev–Trinajstić information content (AvgIpc) is 2.96. The summed E-state index contributed by atoms with van der Waals surface area (Å²) in [6.07, 6.45) is 7.63. The lowest BCUT2D eigenvalue weighted by molar-refractivity contribution is 0.151. The molecule has 0 spiro atoms. The van der Waals surface area contributed by atoms with Crippen molar-refractivity contribution in [3.05, 3.63) is 28.3 Å². The van der Waals surface area contributed by atoms with E-state index in [0.29, 0.717) is 12.6 Å². The van der Waals surface area contributed by atoms with Crippen LogP contribution in [0.2, 0.25) is 5.02 Å². The zero-order chi connectivity index (χ0) is 14.7. The minimum Gasteiger partial charge on any atom is -0.493 e. The van der Waals surface area contributed by atoms with Crippen LogP contribution in [0.3, 0.4) is 0 Å². The Morgan fingerprint density at radius 3 is 2.81 bits per heavy atom. The highest BCUT2D eigenvalue weighted by molar-refractivity contribution is 6.30. The summed E-state index contributed by atoms with van der Waals surface area (Å²) in [5, 5.41) is 0.825. The Balaban J connectivity index is 1.79. The minimum absolute atomic E-state index is 0.665. The molecule has 1 aliphatic heterocycles. The Morgan fingerprint density at radius 2 is 2.05 bits per heavy atom. The molecule has 4 heteroatoms. The first-order chi connectivity index (χ1) is 10.3. The Kier molecular flexibility index (Phi) is 5.04. The van der Waals surface area contributed by atoms with Crippen LogP contribution in [0.1, 0.15) is 43.2 Å². The van der Waals surface area contributed by atoms with Crippen molar-refractivity contribution < 1.29 is 4.74 Å². The van der Waals surface area contributed by atoms with Gasteiger partial charge in [0.2, 0.25) is 0 Å². The van der Waals surface area contributed by atoms with Gasteiger partial charge in [-0.3, -0.25) is 4.90 Å². The Labute approximate surface area is 132 Å². The molecule has 116 valence electrons. The van der Waals surface area contributed by atoms with Gasteiger partial charge in [0, 0.05) is 42.7 Å². The monoisotopic (exact) mass is 308 g/mol. The second-order valence-electron chi connectivity index (χ2n) is 6.20. The SMILES string of the molecule is NCCN(Cc1cc(Cl)cc2c1OCC2)C1CCCCC1. The van der Waals surface area contributed by atoms with Crippen LogP contribution in [0, 0.1) is 0 Å². The summed E-state index contributed by atoms with van der Waals surface area (Å²) < 4.78 is 5.83. The van der Waals surface area contributed by atoms with E-state index < -0.39 is 0 Å². The second-order valence-corrected chi connectivity index (χ2v) is 6.64. The molecule has 0 unspecified atom stereocenters. The maximum atomic E-state index is 6.28. The van der Waals surface area contributed by atoms with Crippen molar-refractivity contribution in [1.82, 2.24) is 4.90 Å². The van der Waals surface area contributed by atoms with Crippen LogP contribution in [-0.2, 0) is 13.0 Å². The third-order valence-corrected chi connectivity index (χ3v) is 4.92. The third kappa shape index (κ3) is 3.53. The lowest BCUT2D eigenvalue weighted by Crippen LogP contribution is -2.39. The molecule has 0 atom stereocenters. The summed E-state index contributed by atoms with van der Waals surface area (Å²) in [4.78, 5) is 2.53. The molecule has 1 saturated carbocycles. The number of rotatable bonds is 5. The number of halogens is 1. The molecule has 1 aliphatic carbocycles. The van der Waals surface area contributed by atoms with Gasteiger partial charge < -0.3 is 10.5 Å². The molecule has 0 saturated heterocycles. The molecular formula is C17H25ClN2O. The lowest BCUT2D eigenvalue weighted by atomic mass is 9.93. The molecule has 0 aromatic heterocycles. The average molecular weight is 309 g/mol. The van der Waals surface area contributed by atoms with Gasteiger partial charge in [-0.15, -0.1) is 0 Å². The van der Waals surface area contributed by atoms with Crippen LogP contribution in [-0.4, -0.2) is 30.6 Å². The molecule has 3 nitrogen and oxygen atoms in total. The van der Waals surface area contributed by atoms with E-state index in [0.717, 1.165) is 36.9 Å². The van der Waals surface area contributed by atoms with Crippen LogP contribution in [0.15, 0.2) is 12.1 Å². The van der Waals surface area contributed by atoms with E-state index in [4.69, 9.17) is 22.1 Å². The van der Waals surface area contributed by atoms with Crippen molar-refractivity contribution in [2.45, 2.75) is 51.1 Å². The number of hydrogen-bond donors (Lipinski definition) is 1. The van der Waals surface area contributed by atoms with Gasteiger partial charge in [-0.05, 0) is 30.5 Å². The van der Waals surface area contributed by atoms with Gasteiger partial charge in [0.25, 0.3) is 0 Å². The van der Waals surface area contributed by atoms with E-state index in [1.165, 1.54) is 43.2 Å². The summed E-state index contributed by atoms with van der Waals surface area (Å²) in [7, 11) is 0. The molecule has 1 heterocycles. The van der Waals surface area contributed by atoms with Crippen molar-refractivity contribution in [3.8, 4) is 5.75 Å². The molecule has 0 bridgehead atoms. The topological polar surface area (TPSA) is 38.5 Å². The highest BCUT2D eigenvalue weighted by Gasteiger charge is 2.24. The third-order valence-electron chi connectivity index (χ3n) is 4.71. The van der Waals surface area contributed by atoms with Crippen LogP contribution >= 0.6 is 11.6 Å². The number of fused-ring (bicyclic) bond motifs is 1. The van der Waals surface area contributed by atoms with Gasteiger partial charge in [0.05, 0.1) is 6.61 Å². The van der Waals surface area contributed by atoms with Crippen LogP contribution in [0.4, 0.5) is 0 Å². The first kappa shape index (κ1) is 15.1. The molecule has 1 fully saturated rings. The van der Waals surface area contributed by atoms with Crippen LogP contribution < -0.4 is 10.5 Å². The number of nitrogens with two attached hydrogens (primary N) is 1. The predicted molar refractivity (Wildman–Crippen MR) is 87.0 cm³/mol. The summed E-state index contributed by atoms with van der Waals surface area (Å²) >= 11 is 6.28. The first-order valence-electron chi connectivity index (χ1n) is 8.16. The van der Waals surface area contributed by atoms with Gasteiger partial charge in [0.15, 0.2) is 0 Å². The molecule has 21 heavy (non-hydrogen) atoms. The van der Waals surface area contributed by atoms with Crippen molar-refractivity contribution in [2.24, 2.45) is 5.73 Å². The van der Waals surface area contributed by atoms with E-state index in [1.54, 1.807) is 0 Å². The highest BCUT2D eigenvalue weighted by Crippen LogP contribution is 2.34. The fourth-order valence-corrected chi connectivity index (χ4v) is 3.95. The molecule has 1 aromatic carbocycles. The molecule has 0 amide bonds. The Hall–Kier alpha value is -0.770. The summed E-state index contributed by atoms with van der Waals surface area (Å²) in [6.45, 7) is 3.35. The van der Waals surface area contributed by atoms with E-state index in [1.807, 2.05) is 6.07 Å². The minimum atomic E-state index is 0.665. The molecule has 2 N–H and O–H groups in total. The van der Waals surface area contributed by atoms with Crippen molar-refractivity contribution in [3.63, 3.8) is 0 Å². The quantitative estimate of drug-likeness (QED) is 0.906. The summed E-state index contributed by atoms with van der Waals surface area (Å²) in [5.41, 5.74) is 8.32. The van der Waals surface area contributed by atoms with Gasteiger partial charge in [0.1, 0.15) is 5.75 Å². The van der Waals surface area contributed by atoms with Gasteiger partial charge >= 0.3 is 0 Å². The standard InChI is InChI=1S/C17H25ClN2O/c18-15-10-13-6-9-21-17(13)14(11-15)12-20(8-7-19)16-4-2-1-3-5-16/h10-11,16H,1-9,12,19H2. The summed E-state index contributed by atoms with van der Waals surface area (Å²) in [6, 6.07) is 4.78. The van der Waals surface area contributed by atoms with Crippen LogP contribution in [0.25, 0.3) is 0 Å². The fraction of sp³-hybridized carbons (Fsp3) is 0.647. The smallest absolute Gasteiger partial charge is 0.127 e. The molecule has 2 aliphatic rings. The van der Waals surface area contributed by atoms with Gasteiger partial charge in [-0.2, -0.15) is 0 Å². The molecule has 1 aromatic rings. The normalized spacial score (nSPS) is 18.8. The van der Waals surface area contributed by atoms with E-state index in [2.05, 4.69) is 11.0 Å². The zero-order valence-electron chi connectivity index (χ0n) is 12.6. The largest absolute Gasteiger partial charge is 0.493 e. The van der Waals surface area contributed by atoms with Gasteiger partial charge in [-0.1, -0.05) is 30.9 Å². The van der Waals surface area contributed by atoms with E-state index in [-0.39, 0.29) is 0 Å². The van der Waals surface area contributed by atoms with E-state index in [9.17, 15) is 0 Å². The first-order valence-corrected chi connectivity index (χ1v) is 8.54. The maximum Gasteiger partial charge on any atom is 0.127 e. The lowest BCUT2D eigenvalue weighted by Gasteiger charge is -2.34. The predicted octanol–water partition coefficient (Wildman–Crippen LogP) is 3.37. The number of ether oxygens (including phenoxy) is 1. The molecule has 3 rings (SSSR count). The van der Waals surface area contributed by atoms with Crippen molar-refractivity contribution in [1.29, 1.82) is 0 Å². The Morgan fingerprint density at radius 1 is 1.24 bits per heavy atom. The van der Waals surface area contributed by atoms with Crippen molar-refractivity contribution in [2.75, 3.05) is 19.7 Å². The molecule has 0 radical (unpaired) electrons. The van der Waals surface area contributed by atoms with Crippen LogP contribution in [0.5, 0.6) is 5.75 Å². The zero-order valence-corrected chi connectivity index (χ0v) is 13.4. The number of hydrogen-bond acceptors (Lipinski definition) is 3. The number of benzene rings is 1. The highest BCUT2D eigenvalue weighted by atomic mass is 35.5. The summed E-state index contributed by atoms with van der Waals surface area (Å²) in [5.74, 6) is 1.07. The maximum absolute atomic E-state index is 6.28. The Bertz CT molecular complexity index is 486. The van der Waals surface area contributed by atoms with Gasteiger partial charge in [-0.25, -0.2) is 0 Å². The second kappa shape index (κ2) is 6.99.